The van der Waals surface area contributed by atoms with Crippen molar-refractivity contribution in [3.05, 3.63) is 29.6 Å². The molecule has 0 unspecified atom stereocenters. The Bertz CT molecular complexity index is 368. The predicted octanol–water partition coefficient (Wildman–Crippen LogP) is 3.42. The fourth-order valence-electron chi connectivity index (χ4n) is 1.40. The largest absolute Gasteiger partial charge is 0.515 e. The molecule has 0 spiro atoms. The molecule has 0 amide bonds. The third-order valence-corrected chi connectivity index (χ3v) is 3.05. The molecule has 3 nitrogen and oxygen atoms in total. The zero-order valence-corrected chi connectivity index (χ0v) is 12.1. The van der Waals surface area contributed by atoms with Crippen molar-refractivity contribution in [2.24, 2.45) is 0 Å². The minimum Gasteiger partial charge on any atom is -0.515 e. The Morgan fingerprint density at radius 3 is 2.53 bits per heavy atom. The van der Waals surface area contributed by atoms with E-state index in [-0.39, 0.29) is 5.97 Å². The Kier molecular flexibility index (Phi) is 4.87. The molecule has 0 saturated heterocycles. The van der Waals surface area contributed by atoms with Crippen LogP contribution in [0.25, 0.3) is 0 Å². The van der Waals surface area contributed by atoms with Gasteiger partial charge in [0.05, 0.1) is 0 Å². The first kappa shape index (κ1) is 13.9. The third kappa shape index (κ3) is 5.13. The Morgan fingerprint density at radius 1 is 1.35 bits per heavy atom. The maximum absolute atomic E-state index is 11.7. The maximum atomic E-state index is 11.7. The summed E-state index contributed by atoms with van der Waals surface area (Å²) >= 11 is 0. The van der Waals surface area contributed by atoms with E-state index in [1.807, 2.05) is 25.7 Å². The molecule has 1 aromatic heterocycles. The van der Waals surface area contributed by atoms with E-state index in [1.165, 1.54) is 12.0 Å². The van der Waals surface area contributed by atoms with Gasteiger partial charge in [0.1, 0.15) is 5.69 Å². The zero-order valence-electron chi connectivity index (χ0n) is 11.1. The average molecular weight is 251 g/mol. The number of nitrogens with zero attached hydrogens (tertiary/aromatic N) is 1. The number of carbonyl (C=O) groups excluding carboxylic acids is 1. The quantitative estimate of drug-likeness (QED) is 0.753. The fraction of sp³-hybridized carbons (Fsp3) is 0.538. The molecule has 0 bridgehead atoms. The van der Waals surface area contributed by atoms with Crippen molar-refractivity contribution in [3.63, 3.8) is 0 Å². The lowest BCUT2D eigenvalue weighted by molar-refractivity contribution is 0.0718. The highest BCUT2D eigenvalue weighted by atomic mass is 28.4. The minimum atomic E-state index is -1.83. The topological polar surface area (TPSA) is 39.2 Å². The van der Waals surface area contributed by atoms with Gasteiger partial charge in [-0.3, -0.25) is 0 Å². The summed E-state index contributed by atoms with van der Waals surface area (Å²) in [4.78, 5) is 15.9. The van der Waals surface area contributed by atoms with Crippen LogP contribution in [0.4, 0.5) is 0 Å². The number of carbonyl (C=O) groups is 1. The van der Waals surface area contributed by atoms with Crippen molar-refractivity contribution in [1.29, 1.82) is 0 Å². The van der Waals surface area contributed by atoms with Gasteiger partial charge in [0.15, 0.2) is 0 Å². The lowest BCUT2D eigenvalue weighted by atomic mass is 10.1. The smallest absolute Gasteiger partial charge is 0.343 e. The van der Waals surface area contributed by atoms with E-state index in [2.05, 4.69) is 11.9 Å². The highest BCUT2D eigenvalue weighted by Crippen LogP contribution is 2.09. The lowest BCUT2D eigenvalue weighted by Gasteiger charge is -2.16. The van der Waals surface area contributed by atoms with Crippen molar-refractivity contribution in [3.8, 4) is 0 Å². The van der Waals surface area contributed by atoms with E-state index in [1.54, 1.807) is 12.3 Å². The summed E-state index contributed by atoms with van der Waals surface area (Å²) in [6.45, 7) is 8.12. The molecule has 0 aliphatic carbocycles. The second-order valence-electron chi connectivity index (χ2n) is 5.16. The molecule has 0 radical (unpaired) electrons. The van der Waals surface area contributed by atoms with Gasteiger partial charge < -0.3 is 4.43 Å². The predicted molar refractivity (Wildman–Crippen MR) is 71.6 cm³/mol. The van der Waals surface area contributed by atoms with Crippen molar-refractivity contribution >= 4 is 14.3 Å². The number of hydrogen-bond donors (Lipinski definition) is 0. The van der Waals surface area contributed by atoms with Crippen LogP contribution in [0, 0.1) is 0 Å². The van der Waals surface area contributed by atoms with E-state index in [0.717, 1.165) is 12.8 Å². The molecule has 1 heterocycles. The van der Waals surface area contributed by atoms with Crippen LogP contribution in [0.2, 0.25) is 19.6 Å². The van der Waals surface area contributed by atoms with Gasteiger partial charge in [-0.1, -0.05) is 19.4 Å². The van der Waals surface area contributed by atoms with Gasteiger partial charge in [-0.15, -0.1) is 0 Å². The Labute approximate surface area is 104 Å². The van der Waals surface area contributed by atoms with Gasteiger partial charge in [-0.2, -0.15) is 0 Å². The summed E-state index contributed by atoms with van der Waals surface area (Å²) in [5.41, 5.74) is 1.59. The van der Waals surface area contributed by atoms with Gasteiger partial charge in [0.25, 0.3) is 0 Å². The third-order valence-electron chi connectivity index (χ3n) is 2.25. The van der Waals surface area contributed by atoms with Gasteiger partial charge in [-0.25, -0.2) is 9.78 Å². The average Bonchev–Trinajstić information content (AvgIpc) is 2.24. The summed E-state index contributed by atoms with van der Waals surface area (Å²) in [6, 6.07) is 3.72. The number of pyridine rings is 1. The first-order valence-electron chi connectivity index (χ1n) is 6.10. The van der Waals surface area contributed by atoms with Crippen LogP contribution in [0.3, 0.4) is 0 Å². The molecule has 0 fully saturated rings. The summed E-state index contributed by atoms with van der Waals surface area (Å²) in [7, 11) is -1.83. The molecule has 4 heteroatoms. The molecule has 0 aromatic carbocycles. The normalized spacial score (nSPS) is 11.3. The Morgan fingerprint density at radius 2 is 2.06 bits per heavy atom. The lowest BCUT2D eigenvalue weighted by Crippen LogP contribution is -2.29. The Balaban J connectivity index is 2.64. The number of rotatable bonds is 5. The molecule has 94 valence electrons. The number of unbranched alkanes of at least 4 members (excludes halogenated alkanes) is 1. The van der Waals surface area contributed by atoms with Gasteiger partial charge in [0, 0.05) is 6.20 Å². The van der Waals surface area contributed by atoms with Crippen LogP contribution >= 0.6 is 0 Å². The summed E-state index contributed by atoms with van der Waals surface area (Å²) in [5.74, 6) is -0.300. The molecule has 1 rings (SSSR count). The highest BCUT2D eigenvalue weighted by molar-refractivity contribution is 6.71. The molecular formula is C13H21NO2Si. The zero-order chi connectivity index (χ0) is 12.9. The van der Waals surface area contributed by atoms with Crippen LogP contribution < -0.4 is 0 Å². The van der Waals surface area contributed by atoms with Gasteiger partial charge >= 0.3 is 5.97 Å². The van der Waals surface area contributed by atoms with Crippen LogP contribution in [-0.4, -0.2) is 19.3 Å². The van der Waals surface area contributed by atoms with Crippen LogP contribution in [0.15, 0.2) is 18.3 Å². The van der Waals surface area contributed by atoms with Crippen LogP contribution in [0.1, 0.15) is 35.8 Å². The van der Waals surface area contributed by atoms with E-state index in [0.29, 0.717) is 5.69 Å². The van der Waals surface area contributed by atoms with Crippen molar-refractivity contribution in [2.45, 2.75) is 45.8 Å². The highest BCUT2D eigenvalue weighted by Gasteiger charge is 2.21. The molecular weight excluding hydrogens is 230 g/mol. The number of hydrogen-bond acceptors (Lipinski definition) is 3. The van der Waals surface area contributed by atoms with Crippen molar-refractivity contribution < 1.29 is 9.22 Å². The van der Waals surface area contributed by atoms with Crippen LogP contribution in [-0.2, 0) is 10.8 Å². The molecule has 0 atom stereocenters. The molecule has 17 heavy (non-hydrogen) atoms. The van der Waals surface area contributed by atoms with Gasteiger partial charge in [0.2, 0.25) is 8.32 Å². The van der Waals surface area contributed by atoms with E-state index in [9.17, 15) is 4.79 Å². The van der Waals surface area contributed by atoms with Crippen molar-refractivity contribution in [2.75, 3.05) is 0 Å². The molecule has 1 aromatic rings. The standard InChI is InChI=1S/C13H21NO2Si/c1-5-6-7-11-8-9-12(14-10-11)13(15)16-17(2,3)4/h8-10H,5-7H2,1-4H3. The molecule has 0 aliphatic heterocycles. The van der Waals surface area contributed by atoms with Crippen LogP contribution in [0.5, 0.6) is 0 Å². The number of aryl methyl sites for hydroxylation is 1. The SMILES string of the molecule is CCCCc1ccc(C(=O)O[Si](C)(C)C)nc1. The first-order chi connectivity index (χ1) is 7.92. The Hall–Kier alpha value is -1.16. The number of aromatic nitrogens is 1. The molecule has 0 aliphatic rings. The van der Waals surface area contributed by atoms with E-state index >= 15 is 0 Å². The van der Waals surface area contributed by atoms with E-state index in [4.69, 9.17) is 4.43 Å². The minimum absolute atomic E-state index is 0.300. The maximum Gasteiger partial charge on any atom is 0.343 e. The monoisotopic (exact) mass is 251 g/mol. The van der Waals surface area contributed by atoms with Gasteiger partial charge in [-0.05, 0) is 44.1 Å². The fourth-order valence-corrected chi connectivity index (χ4v) is 2.07. The molecule has 0 saturated carbocycles. The van der Waals surface area contributed by atoms with E-state index < -0.39 is 8.32 Å². The second-order valence-corrected chi connectivity index (χ2v) is 9.59. The summed E-state index contributed by atoms with van der Waals surface area (Å²) in [5, 5.41) is 0. The summed E-state index contributed by atoms with van der Waals surface area (Å²) < 4.78 is 5.38. The first-order valence-corrected chi connectivity index (χ1v) is 9.51. The summed E-state index contributed by atoms with van der Waals surface area (Å²) in [6.07, 6.45) is 5.11. The van der Waals surface area contributed by atoms with Crippen molar-refractivity contribution in [1.82, 2.24) is 4.98 Å². The second kappa shape index (κ2) is 5.96. The molecule has 0 N–H and O–H groups in total.